The fourth-order valence-corrected chi connectivity index (χ4v) is 2.19. The van der Waals surface area contributed by atoms with Crippen molar-refractivity contribution in [2.75, 3.05) is 18.9 Å². The van der Waals surface area contributed by atoms with Crippen LogP contribution in [-0.4, -0.2) is 40.8 Å². The van der Waals surface area contributed by atoms with E-state index in [-0.39, 0.29) is 0 Å². The summed E-state index contributed by atoms with van der Waals surface area (Å²) in [5.41, 5.74) is 0. The maximum atomic E-state index is 4.05. The van der Waals surface area contributed by atoms with Crippen molar-refractivity contribution in [3.05, 3.63) is 5.01 Å². The number of nitrogens with one attached hydrogen (secondary N) is 1. The molecule has 0 aliphatic heterocycles. The van der Waals surface area contributed by atoms with Crippen molar-refractivity contribution in [3.8, 4) is 0 Å². The molecule has 2 rings (SSSR count). The van der Waals surface area contributed by atoms with E-state index in [1.807, 2.05) is 6.92 Å². The molecule has 1 aliphatic rings. The van der Waals surface area contributed by atoms with E-state index >= 15 is 0 Å². The van der Waals surface area contributed by atoms with Crippen molar-refractivity contribution < 1.29 is 0 Å². The van der Waals surface area contributed by atoms with Gasteiger partial charge in [0.05, 0.1) is 0 Å². The van der Waals surface area contributed by atoms with Gasteiger partial charge in [-0.3, -0.25) is 4.90 Å². The Kier molecular flexibility index (Phi) is 3.21. The Morgan fingerprint density at radius 3 is 2.80 bits per heavy atom. The smallest absolute Gasteiger partial charge is 0.205 e. The van der Waals surface area contributed by atoms with E-state index < -0.39 is 0 Å². The summed E-state index contributed by atoms with van der Waals surface area (Å²) in [6.07, 6.45) is 2.72. The van der Waals surface area contributed by atoms with Crippen LogP contribution in [0.2, 0.25) is 0 Å². The van der Waals surface area contributed by atoms with Crippen LogP contribution in [0.4, 0.5) is 5.13 Å². The summed E-state index contributed by atoms with van der Waals surface area (Å²) in [7, 11) is 2.20. The Labute approximate surface area is 94.7 Å². The summed E-state index contributed by atoms with van der Waals surface area (Å²) < 4.78 is 0. The van der Waals surface area contributed by atoms with E-state index in [1.165, 1.54) is 12.8 Å². The molecule has 5 heteroatoms. The van der Waals surface area contributed by atoms with Crippen LogP contribution in [-0.2, 0) is 0 Å². The zero-order chi connectivity index (χ0) is 10.8. The first-order valence-corrected chi connectivity index (χ1v) is 6.24. The molecule has 1 heterocycles. The molecule has 1 aromatic heterocycles. The van der Waals surface area contributed by atoms with Crippen LogP contribution < -0.4 is 5.32 Å². The highest BCUT2D eigenvalue weighted by atomic mass is 32.1. The van der Waals surface area contributed by atoms with Crippen molar-refractivity contribution in [1.82, 2.24) is 15.1 Å². The molecule has 1 N–H and O–H groups in total. The first-order chi connectivity index (χ1) is 7.16. The first-order valence-electron chi connectivity index (χ1n) is 5.42. The molecule has 1 aliphatic carbocycles. The molecule has 0 spiro atoms. The summed E-state index contributed by atoms with van der Waals surface area (Å²) in [6, 6.07) is 1.37. The Morgan fingerprint density at radius 2 is 2.27 bits per heavy atom. The van der Waals surface area contributed by atoms with Crippen LogP contribution >= 0.6 is 11.3 Å². The monoisotopic (exact) mass is 226 g/mol. The number of nitrogens with zero attached hydrogens (tertiary/aromatic N) is 3. The van der Waals surface area contributed by atoms with Crippen LogP contribution in [0.1, 0.15) is 24.8 Å². The number of likely N-dealkylation sites (N-methyl/N-ethyl adjacent to an activating group) is 1. The largest absolute Gasteiger partial charge is 0.359 e. The van der Waals surface area contributed by atoms with Crippen molar-refractivity contribution in [1.29, 1.82) is 0 Å². The summed E-state index contributed by atoms with van der Waals surface area (Å²) in [4.78, 5) is 2.45. The molecule has 1 fully saturated rings. The van der Waals surface area contributed by atoms with Crippen LogP contribution in [0.3, 0.4) is 0 Å². The number of hydrogen-bond acceptors (Lipinski definition) is 5. The Hall–Kier alpha value is -0.680. The fraction of sp³-hybridized carbons (Fsp3) is 0.800. The molecule has 1 aromatic rings. The number of aryl methyl sites for hydroxylation is 1. The molecule has 84 valence electrons. The van der Waals surface area contributed by atoms with E-state index in [0.717, 1.165) is 22.7 Å². The standard InChI is InChI=1S/C10H18N4S/c1-7(14(3)9-4-5-9)6-11-10-13-12-8(2)15-10/h7,9H,4-6H2,1-3H3,(H,11,13). The minimum atomic E-state index is 0.557. The number of hydrogen-bond donors (Lipinski definition) is 1. The Morgan fingerprint density at radius 1 is 1.53 bits per heavy atom. The van der Waals surface area contributed by atoms with Gasteiger partial charge in [-0.15, -0.1) is 10.2 Å². The molecule has 0 saturated heterocycles. The molecular weight excluding hydrogens is 208 g/mol. The fourth-order valence-electron chi connectivity index (χ4n) is 1.59. The van der Waals surface area contributed by atoms with Crippen LogP contribution in [0.25, 0.3) is 0 Å². The second-order valence-electron chi connectivity index (χ2n) is 4.25. The van der Waals surface area contributed by atoms with Gasteiger partial charge in [0.2, 0.25) is 5.13 Å². The molecule has 0 aromatic carbocycles. The predicted octanol–water partition coefficient (Wildman–Crippen LogP) is 1.74. The lowest BCUT2D eigenvalue weighted by Gasteiger charge is -2.24. The van der Waals surface area contributed by atoms with Gasteiger partial charge in [-0.1, -0.05) is 11.3 Å². The average Bonchev–Trinajstić information content (AvgIpc) is 2.98. The van der Waals surface area contributed by atoms with E-state index in [1.54, 1.807) is 11.3 Å². The van der Waals surface area contributed by atoms with Gasteiger partial charge in [0.15, 0.2) is 0 Å². The summed E-state index contributed by atoms with van der Waals surface area (Å²) in [6.45, 7) is 5.17. The van der Waals surface area contributed by atoms with Crippen LogP contribution in [0.15, 0.2) is 0 Å². The van der Waals surface area contributed by atoms with Gasteiger partial charge in [-0.25, -0.2) is 0 Å². The van der Waals surface area contributed by atoms with E-state index in [9.17, 15) is 0 Å². The molecule has 4 nitrogen and oxygen atoms in total. The lowest BCUT2D eigenvalue weighted by atomic mass is 10.3. The molecule has 1 unspecified atom stereocenters. The SMILES string of the molecule is Cc1nnc(NCC(C)N(C)C2CC2)s1. The molecule has 0 amide bonds. The second-order valence-corrected chi connectivity index (χ2v) is 5.43. The molecule has 0 bridgehead atoms. The highest BCUT2D eigenvalue weighted by Crippen LogP contribution is 2.27. The molecular formula is C10H18N4S. The zero-order valence-electron chi connectivity index (χ0n) is 9.53. The van der Waals surface area contributed by atoms with Gasteiger partial charge < -0.3 is 5.32 Å². The third-order valence-corrected chi connectivity index (χ3v) is 3.69. The summed E-state index contributed by atoms with van der Waals surface area (Å²) in [5.74, 6) is 0. The number of aromatic nitrogens is 2. The van der Waals surface area contributed by atoms with Gasteiger partial charge >= 0.3 is 0 Å². The zero-order valence-corrected chi connectivity index (χ0v) is 10.3. The van der Waals surface area contributed by atoms with Gasteiger partial charge in [-0.05, 0) is 33.7 Å². The quantitative estimate of drug-likeness (QED) is 0.830. The first kappa shape index (κ1) is 10.8. The van der Waals surface area contributed by atoms with Crippen molar-refractivity contribution in [3.63, 3.8) is 0 Å². The number of anilines is 1. The molecule has 1 atom stereocenters. The Bertz CT molecular complexity index is 321. The van der Waals surface area contributed by atoms with E-state index in [2.05, 4.69) is 34.4 Å². The van der Waals surface area contributed by atoms with Crippen molar-refractivity contribution >= 4 is 16.5 Å². The van der Waals surface area contributed by atoms with E-state index in [0.29, 0.717) is 6.04 Å². The Balaban J connectivity index is 1.77. The van der Waals surface area contributed by atoms with Crippen LogP contribution in [0, 0.1) is 6.92 Å². The van der Waals surface area contributed by atoms with E-state index in [4.69, 9.17) is 0 Å². The normalized spacial score (nSPS) is 18.1. The lowest BCUT2D eigenvalue weighted by Crippen LogP contribution is -2.36. The summed E-state index contributed by atoms with van der Waals surface area (Å²) in [5, 5.41) is 13.3. The van der Waals surface area contributed by atoms with Crippen molar-refractivity contribution in [2.45, 2.75) is 38.8 Å². The third kappa shape index (κ3) is 2.89. The third-order valence-electron chi connectivity index (χ3n) is 2.89. The second kappa shape index (κ2) is 4.45. The average molecular weight is 226 g/mol. The van der Waals surface area contributed by atoms with Crippen molar-refractivity contribution in [2.24, 2.45) is 0 Å². The van der Waals surface area contributed by atoms with Gasteiger partial charge in [0, 0.05) is 18.6 Å². The lowest BCUT2D eigenvalue weighted by molar-refractivity contribution is 0.257. The van der Waals surface area contributed by atoms with Gasteiger partial charge in [0.25, 0.3) is 0 Å². The highest BCUT2D eigenvalue weighted by molar-refractivity contribution is 7.15. The minimum Gasteiger partial charge on any atom is -0.359 e. The molecule has 1 saturated carbocycles. The predicted molar refractivity (Wildman–Crippen MR) is 63.4 cm³/mol. The van der Waals surface area contributed by atoms with Gasteiger partial charge in [0.1, 0.15) is 5.01 Å². The van der Waals surface area contributed by atoms with Crippen LogP contribution in [0.5, 0.6) is 0 Å². The number of rotatable bonds is 5. The topological polar surface area (TPSA) is 41.1 Å². The molecule has 0 radical (unpaired) electrons. The minimum absolute atomic E-state index is 0.557. The molecule has 15 heavy (non-hydrogen) atoms. The van der Waals surface area contributed by atoms with Gasteiger partial charge in [-0.2, -0.15) is 0 Å². The maximum absolute atomic E-state index is 4.05. The summed E-state index contributed by atoms with van der Waals surface area (Å²) >= 11 is 1.61. The maximum Gasteiger partial charge on any atom is 0.205 e. The highest BCUT2D eigenvalue weighted by Gasteiger charge is 2.28.